The lowest BCUT2D eigenvalue weighted by atomic mass is 10.1. The maximum absolute atomic E-state index is 4.48. The zero-order valence-corrected chi connectivity index (χ0v) is 11.3. The largest absolute Gasteiger partial charge is 0.369 e. The second kappa shape index (κ2) is 4.28. The minimum Gasteiger partial charge on any atom is -0.369 e. The molecule has 0 spiro atoms. The predicted molar refractivity (Wildman–Crippen MR) is 75.1 cm³/mol. The number of nitrogens with zero attached hydrogens (tertiary/aromatic N) is 3. The molecule has 18 heavy (non-hydrogen) atoms. The van der Waals surface area contributed by atoms with Gasteiger partial charge in [-0.05, 0) is 32.0 Å². The van der Waals surface area contributed by atoms with Crippen molar-refractivity contribution >= 4 is 16.6 Å². The highest BCUT2D eigenvalue weighted by molar-refractivity contribution is 5.85. The molecule has 1 atom stereocenters. The van der Waals surface area contributed by atoms with Crippen molar-refractivity contribution in [2.75, 3.05) is 24.5 Å². The highest BCUT2D eigenvalue weighted by Gasteiger charge is 2.16. The molecule has 1 fully saturated rings. The minimum atomic E-state index is 0.560. The Hall–Kier alpha value is -1.55. The number of anilines is 1. The molecule has 1 aromatic heterocycles. The summed E-state index contributed by atoms with van der Waals surface area (Å²) in [4.78, 5) is 2.45. The van der Waals surface area contributed by atoms with Crippen LogP contribution in [-0.2, 0) is 7.05 Å². The van der Waals surface area contributed by atoms with Gasteiger partial charge in [-0.1, -0.05) is 0 Å². The first-order chi connectivity index (χ1) is 8.65. The molecule has 0 aliphatic carbocycles. The quantitative estimate of drug-likeness (QED) is 0.828. The molecule has 4 nitrogen and oxygen atoms in total. The minimum absolute atomic E-state index is 0.560. The summed E-state index contributed by atoms with van der Waals surface area (Å²) < 4.78 is 1.95. The van der Waals surface area contributed by atoms with E-state index in [-0.39, 0.29) is 0 Å². The van der Waals surface area contributed by atoms with E-state index in [0.717, 1.165) is 25.3 Å². The van der Waals surface area contributed by atoms with Crippen LogP contribution in [0.15, 0.2) is 18.2 Å². The standard InChI is InChI=1S/C14H20N4/c1-10-9-18(7-6-15-10)12-4-5-14-13(8-12)11(2)16-17(14)3/h4-5,8,10,15H,6-7,9H2,1-3H3. The Morgan fingerprint density at radius 1 is 1.39 bits per heavy atom. The highest BCUT2D eigenvalue weighted by Crippen LogP contribution is 2.24. The Morgan fingerprint density at radius 2 is 2.22 bits per heavy atom. The molecule has 1 saturated heterocycles. The summed E-state index contributed by atoms with van der Waals surface area (Å²) in [5.41, 5.74) is 3.63. The molecular weight excluding hydrogens is 224 g/mol. The molecule has 0 bridgehead atoms. The van der Waals surface area contributed by atoms with Crippen LogP contribution < -0.4 is 10.2 Å². The fraction of sp³-hybridized carbons (Fsp3) is 0.500. The van der Waals surface area contributed by atoms with Gasteiger partial charge in [0.25, 0.3) is 0 Å². The molecule has 3 rings (SSSR count). The van der Waals surface area contributed by atoms with Gasteiger partial charge in [-0.2, -0.15) is 5.10 Å². The van der Waals surface area contributed by atoms with Crippen molar-refractivity contribution < 1.29 is 0 Å². The number of piperazine rings is 1. The molecule has 1 aliphatic rings. The molecule has 1 N–H and O–H groups in total. The van der Waals surface area contributed by atoms with Crippen molar-refractivity contribution in [3.05, 3.63) is 23.9 Å². The van der Waals surface area contributed by atoms with Crippen LogP contribution >= 0.6 is 0 Å². The Balaban J connectivity index is 2.00. The topological polar surface area (TPSA) is 33.1 Å². The molecule has 1 unspecified atom stereocenters. The summed E-state index contributed by atoms with van der Waals surface area (Å²) in [6, 6.07) is 7.22. The van der Waals surface area contributed by atoms with Crippen molar-refractivity contribution in [3.8, 4) is 0 Å². The van der Waals surface area contributed by atoms with E-state index in [2.05, 4.69) is 47.4 Å². The maximum atomic E-state index is 4.48. The van der Waals surface area contributed by atoms with Crippen molar-refractivity contribution in [1.29, 1.82) is 0 Å². The molecule has 0 saturated carbocycles. The van der Waals surface area contributed by atoms with Crippen LogP contribution in [0.5, 0.6) is 0 Å². The van der Waals surface area contributed by atoms with Crippen LogP contribution in [0.3, 0.4) is 0 Å². The number of hydrogen-bond donors (Lipinski definition) is 1. The summed E-state index contributed by atoms with van der Waals surface area (Å²) in [7, 11) is 2.00. The zero-order chi connectivity index (χ0) is 12.7. The Labute approximate surface area is 108 Å². The smallest absolute Gasteiger partial charge is 0.0683 e. The first-order valence-electron chi connectivity index (χ1n) is 6.57. The van der Waals surface area contributed by atoms with Crippen molar-refractivity contribution in [3.63, 3.8) is 0 Å². The summed E-state index contributed by atoms with van der Waals surface area (Å²) >= 11 is 0. The van der Waals surface area contributed by atoms with Gasteiger partial charge in [-0.15, -0.1) is 0 Å². The number of aryl methyl sites for hydroxylation is 2. The molecule has 1 aliphatic heterocycles. The Kier molecular flexibility index (Phi) is 2.74. The van der Waals surface area contributed by atoms with Gasteiger partial charge in [-0.3, -0.25) is 4.68 Å². The van der Waals surface area contributed by atoms with Gasteiger partial charge in [0.05, 0.1) is 11.2 Å². The maximum Gasteiger partial charge on any atom is 0.0683 e. The van der Waals surface area contributed by atoms with E-state index in [1.54, 1.807) is 0 Å². The number of fused-ring (bicyclic) bond motifs is 1. The van der Waals surface area contributed by atoms with Crippen LogP contribution in [0, 0.1) is 6.92 Å². The van der Waals surface area contributed by atoms with Gasteiger partial charge in [0.15, 0.2) is 0 Å². The van der Waals surface area contributed by atoms with Crippen molar-refractivity contribution in [2.24, 2.45) is 7.05 Å². The van der Waals surface area contributed by atoms with Crippen LogP contribution in [0.2, 0.25) is 0 Å². The summed E-state index contributed by atoms with van der Waals surface area (Å²) in [6.45, 7) is 7.53. The van der Waals surface area contributed by atoms with Gasteiger partial charge >= 0.3 is 0 Å². The van der Waals surface area contributed by atoms with E-state index < -0.39 is 0 Å². The lowest BCUT2D eigenvalue weighted by molar-refractivity contribution is 0.485. The zero-order valence-electron chi connectivity index (χ0n) is 11.3. The first kappa shape index (κ1) is 11.5. The number of benzene rings is 1. The number of nitrogens with one attached hydrogen (secondary N) is 1. The van der Waals surface area contributed by atoms with E-state index in [1.165, 1.54) is 16.6 Å². The predicted octanol–water partition coefficient (Wildman–Crippen LogP) is 1.68. The summed E-state index contributed by atoms with van der Waals surface area (Å²) in [6.07, 6.45) is 0. The normalized spacial score (nSPS) is 20.6. The number of rotatable bonds is 1. The van der Waals surface area contributed by atoms with E-state index in [1.807, 2.05) is 11.7 Å². The lowest BCUT2D eigenvalue weighted by Crippen LogP contribution is -2.49. The van der Waals surface area contributed by atoms with Crippen LogP contribution in [0.25, 0.3) is 10.9 Å². The second-order valence-corrected chi connectivity index (χ2v) is 5.21. The number of aromatic nitrogens is 2. The van der Waals surface area contributed by atoms with E-state index >= 15 is 0 Å². The molecule has 96 valence electrons. The second-order valence-electron chi connectivity index (χ2n) is 5.21. The monoisotopic (exact) mass is 244 g/mol. The van der Waals surface area contributed by atoms with Gasteiger partial charge in [0, 0.05) is 43.8 Å². The number of hydrogen-bond acceptors (Lipinski definition) is 3. The molecule has 0 amide bonds. The SMILES string of the molecule is Cc1nn(C)c2ccc(N3CCNC(C)C3)cc12. The average molecular weight is 244 g/mol. The Morgan fingerprint density at radius 3 is 3.00 bits per heavy atom. The lowest BCUT2D eigenvalue weighted by Gasteiger charge is -2.33. The van der Waals surface area contributed by atoms with Crippen LogP contribution in [0.1, 0.15) is 12.6 Å². The van der Waals surface area contributed by atoms with Crippen molar-refractivity contribution in [1.82, 2.24) is 15.1 Å². The highest BCUT2D eigenvalue weighted by atomic mass is 15.3. The summed E-state index contributed by atoms with van der Waals surface area (Å²) in [5.74, 6) is 0. The van der Waals surface area contributed by atoms with Gasteiger partial charge in [0.1, 0.15) is 0 Å². The summed E-state index contributed by atoms with van der Waals surface area (Å²) in [5, 5.41) is 9.22. The van der Waals surface area contributed by atoms with E-state index in [9.17, 15) is 0 Å². The van der Waals surface area contributed by atoms with Crippen LogP contribution in [0.4, 0.5) is 5.69 Å². The van der Waals surface area contributed by atoms with E-state index in [4.69, 9.17) is 0 Å². The van der Waals surface area contributed by atoms with E-state index in [0.29, 0.717) is 6.04 Å². The molecular formula is C14H20N4. The molecule has 0 radical (unpaired) electrons. The third kappa shape index (κ3) is 1.86. The van der Waals surface area contributed by atoms with Gasteiger partial charge in [-0.25, -0.2) is 0 Å². The third-order valence-corrected chi connectivity index (χ3v) is 3.75. The van der Waals surface area contributed by atoms with Crippen molar-refractivity contribution in [2.45, 2.75) is 19.9 Å². The Bertz CT molecular complexity index is 572. The molecule has 4 heteroatoms. The third-order valence-electron chi connectivity index (χ3n) is 3.75. The average Bonchev–Trinajstić information content (AvgIpc) is 2.65. The van der Waals surface area contributed by atoms with Gasteiger partial charge < -0.3 is 10.2 Å². The fourth-order valence-electron chi connectivity index (χ4n) is 2.79. The first-order valence-corrected chi connectivity index (χ1v) is 6.57. The van der Waals surface area contributed by atoms with Crippen LogP contribution in [-0.4, -0.2) is 35.5 Å². The molecule has 2 heterocycles. The van der Waals surface area contributed by atoms with Gasteiger partial charge in [0.2, 0.25) is 0 Å². The fourth-order valence-corrected chi connectivity index (χ4v) is 2.79. The molecule has 2 aromatic rings. The molecule has 1 aromatic carbocycles.